The van der Waals surface area contributed by atoms with Gasteiger partial charge in [-0.05, 0) is 59.8 Å². The second kappa shape index (κ2) is 12.3. The number of thiophene rings is 1. The number of thiazole rings is 1. The van der Waals surface area contributed by atoms with Crippen LogP contribution < -0.4 is 19.6 Å². The molecule has 5 aromatic rings. The van der Waals surface area contributed by atoms with Crippen molar-refractivity contribution in [1.82, 2.24) is 4.57 Å². The number of hydrogen-bond acceptors (Lipinski definition) is 7. The van der Waals surface area contributed by atoms with Crippen LogP contribution in [-0.2, 0) is 16.1 Å². The van der Waals surface area contributed by atoms with Gasteiger partial charge in [-0.3, -0.25) is 9.36 Å². The summed E-state index contributed by atoms with van der Waals surface area (Å²) in [6.45, 7) is 2.34. The molecule has 3 aromatic carbocycles. The maximum atomic E-state index is 14.0. The van der Waals surface area contributed by atoms with E-state index in [1.165, 1.54) is 22.7 Å². The van der Waals surface area contributed by atoms with E-state index in [-0.39, 0.29) is 12.2 Å². The van der Waals surface area contributed by atoms with Crippen molar-refractivity contribution in [2.75, 3.05) is 6.61 Å². The molecule has 9 heteroatoms. The summed E-state index contributed by atoms with van der Waals surface area (Å²) in [7, 11) is 0. The van der Waals surface area contributed by atoms with Gasteiger partial charge in [-0.15, -0.1) is 11.3 Å². The Morgan fingerprint density at radius 1 is 1.02 bits per heavy atom. The first-order valence-electron chi connectivity index (χ1n) is 13.3. The molecule has 6 rings (SSSR count). The third-order valence-electron chi connectivity index (χ3n) is 6.64. The number of rotatable bonds is 8. The van der Waals surface area contributed by atoms with Gasteiger partial charge in [0.15, 0.2) is 4.80 Å². The normalized spacial score (nSPS) is 14.8. The molecule has 0 saturated heterocycles. The Morgan fingerprint density at radius 2 is 1.86 bits per heavy atom. The fourth-order valence-corrected chi connectivity index (χ4v) is 6.83. The van der Waals surface area contributed by atoms with Crippen molar-refractivity contribution in [1.29, 1.82) is 0 Å². The first-order chi connectivity index (χ1) is 20.5. The summed E-state index contributed by atoms with van der Waals surface area (Å²) in [6.07, 6.45) is 1.83. The summed E-state index contributed by atoms with van der Waals surface area (Å²) in [4.78, 5) is 33.7. The van der Waals surface area contributed by atoms with E-state index in [1.54, 1.807) is 11.5 Å². The van der Waals surface area contributed by atoms with Crippen LogP contribution in [0.15, 0.2) is 112 Å². The summed E-state index contributed by atoms with van der Waals surface area (Å²) in [5.74, 6) is 0.182. The summed E-state index contributed by atoms with van der Waals surface area (Å²) < 4.78 is 13.6. The molecule has 0 radical (unpaired) electrons. The number of fused-ring (bicyclic) bond motifs is 1. The third-order valence-corrected chi connectivity index (χ3v) is 8.78. The van der Waals surface area contributed by atoms with Gasteiger partial charge in [0.25, 0.3) is 5.56 Å². The van der Waals surface area contributed by atoms with Gasteiger partial charge in [0.1, 0.15) is 18.4 Å². The van der Waals surface area contributed by atoms with Gasteiger partial charge in [0.05, 0.1) is 22.4 Å². The van der Waals surface area contributed by atoms with Gasteiger partial charge in [-0.1, -0.05) is 83.6 Å². The number of nitrogens with zero attached hydrogens (tertiary/aromatic N) is 2. The van der Waals surface area contributed by atoms with Crippen molar-refractivity contribution in [3.63, 3.8) is 0 Å². The molecule has 42 heavy (non-hydrogen) atoms. The highest BCUT2D eigenvalue weighted by molar-refractivity contribution is 7.10. The number of ether oxygens (including phenoxy) is 2. The topological polar surface area (TPSA) is 69.9 Å². The van der Waals surface area contributed by atoms with Crippen LogP contribution in [0.3, 0.4) is 0 Å². The molecular formula is C33H25ClN2O4S2. The number of halogens is 1. The van der Waals surface area contributed by atoms with Crippen LogP contribution in [-0.4, -0.2) is 17.1 Å². The van der Waals surface area contributed by atoms with Crippen LogP contribution in [0, 0.1) is 0 Å². The molecule has 0 amide bonds. The van der Waals surface area contributed by atoms with Gasteiger partial charge in [0.2, 0.25) is 0 Å². The zero-order valence-electron chi connectivity index (χ0n) is 22.5. The molecule has 210 valence electrons. The smallest absolute Gasteiger partial charge is 0.338 e. The average Bonchev–Trinajstić information content (AvgIpc) is 3.64. The van der Waals surface area contributed by atoms with Crippen molar-refractivity contribution in [3.05, 3.63) is 148 Å². The highest BCUT2D eigenvalue weighted by atomic mass is 35.5. The SMILES string of the molecule is CCOC(=O)C1=C(c2ccccc2)N=c2s/c(=C\c3cccc(OCc4cccc(Cl)c4)c3)c(=O)n2[C@H]1c1cccs1. The molecule has 0 aliphatic carbocycles. The highest BCUT2D eigenvalue weighted by Crippen LogP contribution is 2.36. The van der Waals surface area contributed by atoms with Crippen molar-refractivity contribution < 1.29 is 14.3 Å². The Morgan fingerprint density at radius 3 is 2.62 bits per heavy atom. The van der Waals surface area contributed by atoms with Crippen LogP contribution in [0.1, 0.15) is 34.5 Å². The predicted molar refractivity (Wildman–Crippen MR) is 168 cm³/mol. The number of aromatic nitrogens is 1. The lowest BCUT2D eigenvalue weighted by atomic mass is 9.97. The van der Waals surface area contributed by atoms with E-state index >= 15 is 0 Å². The van der Waals surface area contributed by atoms with Gasteiger partial charge in [-0.2, -0.15) is 0 Å². The number of esters is 1. The molecular weight excluding hydrogens is 588 g/mol. The number of hydrogen-bond donors (Lipinski definition) is 0. The molecule has 2 aromatic heterocycles. The molecule has 0 spiro atoms. The zero-order valence-corrected chi connectivity index (χ0v) is 24.9. The van der Waals surface area contributed by atoms with Crippen molar-refractivity contribution in [3.8, 4) is 5.75 Å². The van der Waals surface area contributed by atoms with E-state index in [0.717, 1.165) is 21.6 Å². The Bertz CT molecular complexity index is 1960. The fraction of sp³-hybridized carbons (Fsp3) is 0.121. The zero-order chi connectivity index (χ0) is 29.1. The minimum atomic E-state index is -0.662. The first-order valence-corrected chi connectivity index (χ1v) is 15.4. The monoisotopic (exact) mass is 612 g/mol. The summed E-state index contributed by atoms with van der Waals surface area (Å²) in [5, 5.41) is 2.59. The van der Waals surface area contributed by atoms with Crippen LogP contribution in [0.5, 0.6) is 5.75 Å². The lowest BCUT2D eigenvalue weighted by Gasteiger charge is -2.24. The van der Waals surface area contributed by atoms with E-state index in [0.29, 0.717) is 38.0 Å². The summed E-state index contributed by atoms with van der Waals surface area (Å²) >= 11 is 8.88. The van der Waals surface area contributed by atoms with Crippen molar-refractivity contribution in [2.24, 2.45) is 4.99 Å². The van der Waals surface area contributed by atoms with E-state index < -0.39 is 12.0 Å². The lowest BCUT2D eigenvalue weighted by Crippen LogP contribution is -2.39. The van der Waals surface area contributed by atoms with Crippen LogP contribution in [0.2, 0.25) is 5.02 Å². The van der Waals surface area contributed by atoms with Gasteiger partial charge < -0.3 is 9.47 Å². The Hall–Kier alpha value is -4.24. The Balaban J connectivity index is 1.45. The molecule has 0 saturated carbocycles. The molecule has 0 fully saturated rings. The maximum absolute atomic E-state index is 14.0. The summed E-state index contributed by atoms with van der Waals surface area (Å²) in [5.41, 5.74) is 3.18. The minimum Gasteiger partial charge on any atom is -0.489 e. The number of carbonyl (C=O) groups is 1. The van der Waals surface area contributed by atoms with Crippen molar-refractivity contribution in [2.45, 2.75) is 19.6 Å². The van der Waals surface area contributed by atoms with Crippen LogP contribution in [0.25, 0.3) is 11.8 Å². The molecule has 1 aliphatic heterocycles. The molecule has 6 nitrogen and oxygen atoms in total. The van der Waals surface area contributed by atoms with Gasteiger partial charge in [-0.25, -0.2) is 9.79 Å². The minimum absolute atomic E-state index is 0.210. The molecule has 0 bridgehead atoms. The molecule has 3 heterocycles. The van der Waals surface area contributed by atoms with Gasteiger partial charge >= 0.3 is 5.97 Å². The second-order valence-electron chi connectivity index (χ2n) is 9.44. The molecule has 1 aliphatic rings. The van der Waals surface area contributed by atoms with Crippen LogP contribution >= 0.6 is 34.3 Å². The van der Waals surface area contributed by atoms with Crippen LogP contribution in [0.4, 0.5) is 0 Å². The largest absolute Gasteiger partial charge is 0.489 e. The predicted octanol–water partition coefficient (Wildman–Crippen LogP) is 6.23. The van der Waals surface area contributed by atoms with E-state index in [9.17, 15) is 9.59 Å². The Kier molecular flexibility index (Phi) is 8.19. The number of carbonyl (C=O) groups excluding carboxylic acids is 1. The average molecular weight is 613 g/mol. The second-order valence-corrected chi connectivity index (χ2v) is 11.9. The summed E-state index contributed by atoms with van der Waals surface area (Å²) in [6, 6.07) is 27.8. The molecule has 1 atom stereocenters. The number of benzene rings is 3. The maximum Gasteiger partial charge on any atom is 0.338 e. The van der Waals surface area contributed by atoms with Gasteiger partial charge in [0, 0.05) is 15.5 Å². The highest BCUT2D eigenvalue weighted by Gasteiger charge is 2.35. The molecule has 0 unspecified atom stereocenters. The lowest BCUT2D eigenvalue weighted by molar-refractivity contribution is -0.138. The van der Waals surface area contributed by atoms with E-state index in [4.69, 9.17) is 26.1 Å². The van der Waals surface area contributed by atoms with E-state index in [1.807, 2.05) is 102 Å². The van der Waals surface area contributed by atoms with E-state index in [2.05, 4.69) is 0 Å². The first kappa shape index (κ1) is 27.9. The molecule has 0 N–H and O–H groups in total. The fourth-order valence-electron chi connectivity index (χ4n) is 4.80. The Labute approximate surface area is 255 Å². The van der Waals surface area contributed by atoms with Crippen molar-refractivity contribution >= 4 is 52.0 Å². The quantitative estimate of drug-likeness (QED) is 0.195. The standard InChI is InChI=1S/C33H25ClN2O4S2/c1-2-39-32(38)28-29(23-11-4-3-5-12-23)35-33-36(30(28)26-15-8-16-41-26)31(37)27(42-33)19-21-9-7-14-25(18-21)40-20-22-10-6-13-24(34)17-22/h3-19,30H,2,20H2,1H3/b27-19-/t30-/m0/s1. The third kappa shape index (κ3) is 5.74.